The number of rotatable bonds is 3. The fraction of sp³-hybridized carbons (Fsp3) is 0. The smallest absolute Gasteiger partial charge is 0.160 e. The molecule has 0 spiro atoms. The summed E-state index contributed by atoms with van der Waals surface area (Å²) in [5.74, 6) is -0.243. The molecule has 2 rings (SSSR count). The first kappa shape index (κ1) is 10.4. The zero-order valence-electron chi connectivity index (χ0n) is 7.64. The molecular weight excluding hydrogens is 231 g/mol. The SMILES string of the molecule is O=Cc1ccc(Sc2cccc(F)c2)s1. The molecule has 0 bridgehead atoms. The lowest BCUT2D eigenvalue weighted by Gasteiger charge is -1.97. The van der Waals surface area contributed by atoms with Gasteiger partial charge >= 0.3 is 0 Å². The van der Waals surface area contributed by atoms with Crippen LogP contribution in [0.1, 0.15) is 9.67 Å². The highest BCUT2D eigenvalue weighted by Gasteiger charge is 2.02. The molecule has 4 heteroatoms. The maximum atomic E-state index is 12.9. The molecular formula is C11H7FOS2. The van der Waals surface area contributed by atoms with Crippen LogP contribution in [0.15, 0.2) is 45.5 Å². The lowest BCUT2D eigenvalue weighted by Crippen LogP contribution is -1.73. The molecule has 1 nitrogen and oxygen atoms in total. The average molecular weight is 238 g/mol. The van der Waals surface area contributed by atoms with E-state index in [1.807, 2.05) is 12.1 Å². The third-order valence-electron chi connectivity index (χ3n) is 1.73. The molecule has 0 fully saturated rings. The predicted molar refractivity (Wildman–Crippen MR) is 60.2 cm³/mol. The van der Waals surface area contributed by atoms with Gasteiger partial charge in [-0.3, -0.25) is 4.79 Å². The number of hydrogen-bond acceptors (Lipinski definition) is 3. The van der Waals surface area contributed by atoms with Crippen LogP contribution in [0.4, 0.5) is 4.39 Å². The molecule has 2 aromatic rings. The highest BCUT2D eigenvalue weighted by molar-refractivity contribution is 8.01. The van der Waals surface area contributed by atoms with Gasteiger partial charge in [0.25, 0.3) is 0 Å². The molecule has 0 aliphatic heterocycles. The van der Waals surface area contributed by atoms with Crippen LogP contribution in [-0.4, -0.2) is 6.29 Å². The van der Waals surface area contributed by atoms with Crippen LogP contribution in [0.3, 0.4) is 0 Å². The molecule has 1 aromatic carbocycles. The van der Waals surface area contributed by atoms with E-state index in [9.17, 15) is 9.18 Å². The monoisotopic (exact) mass is 238 g/mol. The summed E-state index contributed by atoms with van der Waals surface area (Å²) in [5.41, 5.74) is 0. The van der Waals surface area contributed by atoms with Crippen molar-refractivity contribution >= 4 is 29.4 Å². The van der Waals surface area contributed by atoms with Crippen molar-refractivity contribution in [3.63, 3.8) is 0 Å². The summed E-state index contributed by atoms with van der Waals surface area (Å²) in [7, 11) is 0. The van der Waals surface area contributed by atoms with Gasteiger partial charge in [0, 0.05) is 4.90 Å². The Balaban J connectivity index is 2.18. The zero-order valence-corrected chi connectivity index (χ0v) is 9.28. The zero-order chi connectivity index (χ0) is 10.7. The van der Waals surface area contributed by atoms with E-state index in [1.165, 1.54) is 35.2 Å². The van der Waals surface area contributed by atoms with Gasteiger partial charge in [-0.15, -0.1) is 11.3 Å². The van der Waals surface area contributed by atoms with Gasteiger partial charge in [0.15, 0.2) is 6.29 Å². The summed E-state index contributed by atoms with van der Waals surface area (Å²) in [6, 6.07) is 10.0. The first-order valence-electron chi connectivity index (χ1n) is 4.26. The van der Waals surface area contributed by atoms with Crippen LogP contribution in [0, 0.1) is 5.82 Å². The highest BCUT2D eigenvalue weighted by atomic mass is 32.2. The van der Waals surface area contributed by atoms with Gasteiger partial charge in [-0.1, -0.05) is 17.8 Å². The van der Waals surface area contributed by atoms with Crippen LogP contribution in [0.5, 0.6) is 0 Å². The largest absolute Gasteiger partial charge is 0.297 e. The second kappa shape index (κ2) is 4.59. The number of thiophene rings is 1. The molecule has 0 amide bonds. The Labute approximate surface area is 94.9 Å². The molecule has 0 unspecified atom stereocenters. The lowest BCUT2D eigenvalue weighted by atomic mass is 10.4. The fourth-order valence-electron chi connectivity index (χ4n) is 1.10. The molecule has 0 aliphatic rings. The standard InChI is InChI=1S/C11H7FOS2/c12-8-2-1-3-9(6-8)14-11-5-4-10(7-13)15-11/h1-7H. The Morgan fingerprint density at radius 3 is 2.80 bits per heavy atom. The van der Waals surface area contributed by atoms with E-state index in [0.717, 1.165) is 15.4 Å². The molecule has 1 aromatic heterocycles. The van der Waals surface area contributed by atoms with E-state index in [2.05, 4.69) is 0 Å². The molecule has 0 radical (unpaired) electrons. The van der Waals surface area contributed by atoms with Gasteiger partial charge < -0.3 is 0 Å². The summed E-state index contributed by atoms with van der Waals surface area (Å²) in [6.45, 7) is 0. The number of carbonyl (C=O) groups is 1. The normalized spacial score (nSPS) is 10.2. The van der Waals surface area contributed by atoms with Crippen molar-refractivity contribution < 1.29 is 9.18 Å². The Morgan fingerprint density at radius 1 is 1.27 bits per heavy atom. The number of aldehydes is 1. The molecule has 0 N–H and O–H groups in total. The molecule has 0 saturated heterocycles. The maximum absolute atomic E-state index is 12.9. The molecule has 0 saturated carbocycles. The van der Waals surface area contributed by atoms with E-state index in [1.54, 1.807) is 12.1 Å². The Morgan fingerprint density at radius 2 is 2.13 bits per heavy atom. The number of carbonyl (C=O) groups excluding carboxylic acids is 1. The number of hydrogen-bond donors (Lipinski definition) is 0. The Bertz CT molecular complexity index is 479. The highest BCUT2D eigenvalue weighted by Crippen LogP contribution is 2.32. The minimum Gasteiger partial charge on any atom is -0.297 e. The van der Waals surface area contributed by atoms with Crippen molar-refractivity contribution in [3.8, 4) is 0 Å². The quantitative estimate of drug-likeness (QED) is 0.755. The second-order valence-corrected chi connectivity index (χ2v) is 5.32. The molecule has 0 aliphatic carbocycles. The van der Waals surface area contributed by atoms with Crippen LogP contribution < -0.4 is 0 Å². The number of halogens is 1. The maximum Gasteiger partial charge on any atom is 0.160 e. The van der Waals surface area contributed by atoms with E-state index >= 15 is 0 Å². The molecule has 15 heavy (non-hydrogen) atoms. The van der Waals surface area contributed by atoms with E-state index < -0.39 is 0 Å². The van der Waals surface area contributed by atoms with Crippen LogP contribution >= 0.6 is 23.1 Å². The van der Waals surface area contributed by atoms with Crippen molar-refractivity contribution in [1.29, 1.82) is 0 Å². The fourth-order valence-corrected chi connectivity index (χ4v) is 3.08. The van der Waals surface area contributed by atoms with Crippen molar-refractivity contribution in [2.45, 2.75) is 9.10 Å². The lowest BCUT2D eigenvalue weighted by molar-refractivity contribution is 0.112. The predicted octanol–water partition coefficient (Wildman–Crippen LogP) is 3.85. The van der Waals surface area contributed by atoms with Gasteiger partial charge in [0.2, 0.25) is 0 Å². The van der Waals surface area contributed by atoms with Gasteiger partial charge in [-0.05, 0) is 30.3 Å². The van der Waals surface area contributed by atoms with Gasteiger partial charge in [0.1, 0.15) is 5.82 Å². The van der Waals surface area contributed by atoms with Crippen LogP contribution in [0.2, 0.25) is 0 Å². The second-order valence-electron chi connectivity index (χ2n) is 2.83. The molecule has 0 atom stereocenters. The first-order valence-corrected chi connectivity index (χ1v) is 5.89. The van der Waals surface area contributed by atoms with Gasteiger partial charge in [-0.2, -0.15) is 0 Å². The van der Waals surface area contributed by atoms with Crippen molar-refractivity contribution in [3.05, 3.63) is 47.1 Å². The third-order valence-corrected chi connectivity index (χ3v) is 3.86. The summed E-state index contributed by atoms with van der Waals surface area (Å²) in [5, 5.41) is 0. The summed E-state index contributed by atoms with van der Waals surface area (Å²) in [4.78, 5) is 12.0. The minimum absolute atomic E-state index is 0.243. The van der Waals surface area contributed by atoms with Gasteiger partial charge in [0.05, 0.1) is 9.09 Å². The minimum atomic E-state index is -0.243. The Kier molecular flexibility index (Phi) is 3.18. The van der Waals surface area contributed by atoms with E-state index in [0.29, 0.717) is 4.88 Å². The Hall–Kier alpha value is -1.13. The van der Waals surface area contributed by atoms with Crippen LogP contribution in [0.25, 0.3) is 0 Å². The average Bonchev–Trinajstić information content (AvgIpc) is 2.65. The summed E-state index contributed by atoms with van der Waals surface area (Å²) < 4.78 is 13.9. The van der Waals surface area contributed by atoms with Crippen molar-refractivity contribution in [1.82, 2.24) is 0 Å². The van der Waals surface area contributed by atoms with Crippen molar-refractivity contribution in [2.24, 2.45) is 0 Å². The first-order chi connectivity index (χ1) is 7.28. The van der Waals surface area contributed by atoms with Gasteiger partial charge in [-0.25, -0.2) is 4.39 Å². The topological polar surface area (TPSA) is 17.1 Å². The molecule has 1 heterocycles. The van der Waals surface area contributed by atoms with Crippen molar-refractivity contribution in [2.75, 3.05) is 0 Å². The molecule has 76 valence electrons. The van der Waals surface area contributed by atoms with E-state index in [4.69, 9.17) is 0 Å². The van der Waals surface area contributed by atoms with Crippen LogP contribution in [-0.2, 0) is 0 Å². The number of benzene rings is 1. The summed E-state index contributed by atoms with van der Waals surface area (Å²) >= 11 is 2.86. The van der Waals surface area contributed by atoms with E-state index in [-0.39, 0.29) is 5.82 Å². The summed E-state index contributed by atoms with van der Waals surface area (Å²) in [6.07, 6.45) is 0.820. The third kappa shape index (κ3) is 2.67.